The van der Waals surface area contributed by atoms with Crippen molar-refractivity contribution in [2.75, 3.05) is 19.6 Å². The number of aromatic nitrogens is 1. The molecule has 94 valence electrons. The van der Waals surface area contributed by atoms with E-state index in [0.29, 0.717) is 11.1 Å². The molecule has 2 heterocycles. The van der Waals surface area contributed by atoms with Crippen LogP contribution in [0, 0.1) is 11.8 Å². The Hall–Kier alpha value is -0.640. The highest BCUT2D eigenvalue weighted by Gasteiger charge is 2.24. The number of nitrogens with two attached hydrogens (primary N) is 1. The molecule has 2 atom stereocenters. The summed E-state index contributed by atoms with van der Waals surface area (Å²) in [5.41, 5.74) is 7.05. The number of hydrogen-bond acceptors (Lipinski definition) is 3. The van der Waals surface area contributed by atoms with Crippen LogP contribution < -0.4 is 5.73 Å². The van der Waals surface area contributed by atoms with Crippen LogP contribution in [0.5, 0.6) is 0 Å². The fourth-order valence-electron chi connectivity index (χ4n) is 2.47. The zero-order chi connectivity index (χ0) is 12.3. The molecule has 0 aliphatic carbocycles. The van der Waals surface area contributed by atoms with Gasteiger partial charge in [-0.25, -0.2) is 4.98 Å². The first-order valence-electron chi connectivity index (χ1n) is 6.22. The summed E-state index contributed by atoms with van der Waals surface area (Å²) in [6.07, 6.45) is 3.01. The van der Waals surface area contributed by atoms with E-state index in [1.165, 1.54) is 12.0 Å². The Bertz CT molecular complexity index is 369. The van der Waals surface area contributed by atoms with E-state index in [1.807, 2.05) is 12.1 Å². The standard InChI is InChI=1S/C13H20ClN3/c1-10-3-5-17(9-12(10)7-15)8-11-2-4-16-13(14)6-11/h2,4,6,10,12H,3,5,7-9,15H2,1H3. The van der Waals surface area contributed by atoms with Gasteiger partial charge in [-0.3, -0.25) is 4.90 Å². The Labute approximate surface area is 108 Å². The molecule has 0 spiro atoms. The molecule has 0 amide bonds. The molecule has 1 saturated heterocycles. The van der Waals surface area contributed by atoms with Crippen LogP contribution in [0.15, 0.2) is 18.3 Å². The van der Waals surface area contributed by atoms with E-state index in [4.69, 9.17) is 17.3 Å². The van der Waals surface area contributed by atoms with Crippen LogP contribution in [0.25, 0.3) is 0 Å². The van der Waals surface area contributed by atoms with Gasteiger partial charge < -0.3 is 5.73 Å². The summed E-state index contributed by atoms with van der Waals surface area (Å²) in [4.78, 5) is 6.46. The number of pyridine rings is 1. The minimum absolute atomic E-state index is 0.572. The number of nitrogens with zero attached hydrogens (tertiary/aromatic N) is 2. The summed E-state index contributed by atoms with van der Waals surface area (Å²) in [6, 6.07) is 3.97. The third-order valence-corrected chi connectivity index (χ3v) is 3.90. The van der Waals surface area contributed by atoms with Crippen molar-refractivity contribution in [3.63, 3.8) is 0 Å². The van der Waals surface area contributed by atoms with Crippen molar-refractivity contribution in [3.8, 4) is 0 Å². The van der Waals surface area contributed by atoms with E-state index in [0.717, 1.165) is 32.1 Å². The SMILES string of the molecule is CC1CCN(Cc2ccnc(Cl)c2)CC1CN. The van der Waals surface area contributed by atoms with Crippen LogP contribution in [0.3, 0.4) is 0 Å². The second-order valence-electron chi connectivity index (χ2n) is 4.98. The molecule has 17 heavy (non-hydrogen) atoms. The van der Waals surface area contributed by atoms with E-state index in [1.54, 1.807) is 6.20 Å². The van der Waals surface area contributed by atoms with E-state index >= 15 is 0 Å². The Morgan fingerprint density at radius 3 is 3.12 bits per heavy atom. The van der Waals surface area contributed by atoms with Gasteiger partial charge in [0, 0.05) is 19.3 Å². The highest BCUT2D eigenvalue weighted by Crippen LogP contribution is 2.23. The van der Waals surface area contributed by atoms with Crippen molar-refractivity contribution in [3.05, 3.63) is 29.0 Å². The smallest absolute Gasteiger partial charge is 0.129 e. The van der Waals surface area contributed by atoms with Gasteiger partial charge in [-0.05, 0) is 49.0 Å². The van der Waals surface area contributed by atoms with Gasteiger partial charge in [0.25, 0.3) is 0 Å². The Balaban J connectivity index is 1.95. The lowest BCUT2D eigenvalue weighted by Crippen LogP contribution is -2.42. The zero-order valence-electron chi connectivity index (χ0n) is 10.3. The minimum Gasteiger partial charge on any atom is -0.330 e. The molecule has 2 rings (SSSR count). The molecule has 2 unspecified atom stereocenters. The highest BCUT2D eigenvalue weighted by molar-refractivity contribution is 6.29. The first-order valence-corrected chi connectivity index (χ1v) is 6.59. The molecule has 2 N–H and O–H groups in total. The fourth-order valence-corrected chi connectivity index (χ4v) is 2.67. The molecule has 0 bridgehead atoms. The summed E-state index contributed by atoms with van der Waals surface area (Å²) in [5, 5.41) is 0.572. The van der Waals surface area contributed by atoms with Crippen LogP contribution in [0.4, 0.5) is 0 Å². The summed E-state index contributed by atoms with van der Waals surface area (Å²) >= 11 is 5.89. The molecule has 1 aromatic heterocycles. The van der Waals surface area contributed by atoms with Gasteiger partial charge in [0.05, 0.1) is 0 Å². The molecular weight excluding hydrogens is 234 g/mol. The average Bonchev–Trinajstić information content (AvgIpc) is 2.32. The maximum atomic E-state index is 5.89. The number of hydrogen-bond donors (Lipinski definition) is 1. The molecule has 1 aliphatic heterocycles. The molecule has 0 radical (unpaired) electrons. The number of halogens is 1. The van der Waals surface area contributed by atoms with Crippen molar-refractivity contribution in [1.82, 2.24) is 9.88 Å². The first kappa shape index (κ1) is 12.8. The first-order chi connectivity index (χ1) is 8.19. The van der Waals surface area contributed by atoms with E-state index in [9.17, 15) is 0 Å². The van der Waals surface area contributed by atoms with Crippen molar-refractivity contribution in [1.29, 1.82) is 0 Å². The lowest BCUT2D eigenvalue weighted by Gasteiger charge is -2.36. The maximum Gasteiger partial charge on any atom is 0.129 e. The molecule has 0 saturated carbocycles. The summed E-state index contributed by atoms with van der Waals surface area (Å²) in [5.74, 6) is 1.37. The minimum atomic E-state index is 0.572. The third-order valence-electron chi connectivity index (χ3n) is 3.70. The van der Waals surface area contributed by atoms with Crippen LogP contribution >= 0.6 is 11.6 Å². The molecule has 1 aromatic rings. The largest absolute Gasteiger partial charge is 0.330 e. The van der Waals surface area contributed by atoms with Gasteiger partial charge in [-0.2, -0.15) is 0 Å². The van der Waals surface area contributed by atoms with Crippen LogP contribution in [-0.2, 0) is 6.54 Å². The van der Waals surface area contributed by atoms with Gasteiger partial charge in [0.1, 0.15) is 5.15 Å². The molecule has 0 aromatic carbocycles. The lowest BCUT2D eigenvalue weighted by atomic mass is 9.87. The van der Waals surface area contributed by atoms with E-state index in [2.05, 4.69) is 16.8 Å². The van der Waals surface area contributed by atoms with E-state index < -0.39 is 0 Å². The van der Waals surface area contributed by atoms with Gasteiger partial charge in [0.15, 0.2) is 0 Å². The summed E-state index contributed by atoms with van der Waals surface area (Å²) in [7, 11) is 0. The molecular formula is C13H20ClN3. The Morgan fingerprint density at radius 2 is 2.41 bits per heavy atom. The van der Waals surface area contributed by atoms with E-state index in [-0.39, 0.29) is 0 Å². The van der Waals surface area contributed by atoms with Crippen molar-refractivity contribution in [2.45, 2.75) is 19.9 Å². The van der Waals surface area contributed by atoms with Crippen molar-refractivity contribution in [2.24, 2.45) is 17.6 Å². The normalized spacial score (nSPS) is 26.1. The van der Waals surface area contributed by atoms with Crippen LogP contribution in [-0.4, -0.2) is 29.5 Å². The Kier molecular flexibility index (Phi) is 4.37. The number of rotatable bonds is 3. The van der Waals surface area contributed by atoms with Crippen molar-refractivity contribution < 1.29 is 0 Å². The summed E-state index contributed by atoms with van der Waals surface area (Å²) < 4.78 is 0. The van der Waals surface area contributed by atoms with Crippen LogP contribution in [0.1, 0.15) is 18.9 Å². The second kappa shape index (κ2) is 5.80. The molecule has 1 aliphatic rings. The predicted molar refractivity (Wildman–Crippen MR) is 70.8 cm³/mol. The highest BCUT2D eigenvalue weighted by atomic mass is 35.5. The van der Waals surface area contributed by atoms with Crippen molar-refractivity contribution >= 4 is 11.6 Å². The maximum absolute atomic E-state index is 5.89. The van der Waals surface area contributed by atoms with Gasteiger partial charge in [0.2, 0.25) is 0 Å². The van der Waals surface area contributed by atoms with Gasteiger partial charge >= 0.3 is 0 Å². The average molecular weight is 254 g/mol. The number of likely N-dealkylation sites (tertiary alicyclic amines) is 1. The molecule has 4 heteroatoms. The topological polar surface area (TPSA) is 42.2 Å². The predicted octanol–water partition coefficient (Wildman–Crippen LogP) is 2.15. The monoisotopic (exact) mass is 253 g/mol. The fraction of sp³-hybridized carbons (Fsp3) is 0.615. The third kappa shape index (κ3) is 3.41. The van der Waals surface area contributed by atoms with Crippen LogP contribution in [0.2, 0.25) is 5.15 Å². The van der Waals surface area contributed by atoms with Gasteiger partial charge in [-0.1, -0.05) is 18.5 Å². The second-order valence-corrected chi connectivity index (χ2v) is 5.37. The number of piperidine rings is 1. The van der Waals surface area contributed by atoms with Gasteiger partial charge in [-0.15, -0.1) is 0 Å². The molecule has 1 fully saturated rings. The molecule has 3 nitrogen and oxygen atoms in total. The quantitative estimate of drug-likeness (QED) is 0.840. The summed E-state index contributed by atoms with van der Waals surface area (Å²) in [6.45, 7) is 6.29. The zero-order valence-corrected chi connectivity index (χ0v) is 11.0. The Morgan fingerprint density at radius 1 is 1.59 bits per heavy atom. The lowest BCUT2D eigenvalue weighted by molar-refractivity contribution is 0.126.